The quantitative estimate of drug-likeness (QED) is 0.727. The first-order valence-corrected chi connectivity index (χ1v) is 10.8. The van der Waals surface area contributed by atoms with Crippen LogP contribution in [0.15, 0.2) is 29.6 Å². The standard InChI is InChI=1S/C21H28N4O3S/c1-4-28-21(27)23-17-7-5-6-16(9-17)19(26)24-20-22-18(13-29-20)12-25-10-14(2)8-15(3)11-25/h5-7,9,13-15H,4,8,10-12H2,1-3H3,(H,23,27)(H,22,24,26)/t14-,15-/m1/s1. The number of rotatable bonds is 6. The Morgan fingerprint density at radius 1 is 1.24 bits per heavy atom. The first-order valence-electron chi connectivity index (χ1n) is 9.95. The van der Waals surface area contributed by atoms with Crippen LogP contribution in [0.5, 0.6) is 0 Å². The summed E-state index contributed by atoms with van der Waals surface area (Å²) in [7, 11) is 0. The van der Waals surface area contributed by atoms with Crippen molar-refractivity contribution in [1.29, 1.82) is 0 Å². The molecule has 1 aliphatic heterocycles. The maximum atomic E-state index is 12.6. The molecule has 0 radical (unpaired) electrons. The molecule has 2 heterocycles. The highest BCUT2D eigenvalue weighted by atomic mass is 32.1. The fourth-order valence-corrected chi connectivity index (χ4v) is 4.48. The molecule has 1 aromatic carbocycles. The third kappa shape index (κ3) is 6.27. The number of amides is 2. The van der Waals surface area contributed by atoms with E-state index in [4.69, 9.17) is 4.74 Å². The van der Waals surface area contributed by atoms with Gasteiger partial charge in [-0.15, -0.1) is 11.3 Å². The fraction of sp³-hybridized carbons (Fsp3) is 0.476. The van der Waals surface area contributed by atoms with Gasteiger partial charge in [-0.2, -0.15) is 0 Å². The molecular formula is C21H28N4O3S. The van der Waals surface area contributed by atoms with Crippen LogP contribution < -0.4 is 10.6 Å². The third-order valence-electron chi connectivity index (χ3n) is 4.75. The summed E-state index contributed by atoms with van der Waals surface area (Å²) in [4.78, 5) is 31.1. The predicted octanol–water partition coefficient (Wildman–Crippen LogP) is 4.44. The SMILES string of the molecule is CCOC(=O)Nc1cccc(C(=O)Nc2nc(CN3C[C@H](C)C[C@@H](C)C3)cs2)c1. The zero-order chi connectivity index (χ0) is 20.8. The van der Waals surface area contributed by atoms with Crippen LogP contribution in [-0.4, -0.2) is 41.6 Å². The van der Waals surface area contributed by atoms with Crippen molar-refractivity contribution in [1.82, 2.24) is 9.88 Å². The first kappa shape index (κ1) is 21.3. The molecule has 7 nitrogen and oxygen atoms in total. The van der Waals surface area contributed by atoms with Crippen LogP contribution in [0.25, 0.3) is 0 Å². The second kappa shape index (κ2) is 9.84. The second-order valence-corrected chi connectivity index (χ2v) is 8.52. The van der Waals surface area contributed by atoms with Crippen molar-refractivity contribution in [2.75, 3.05) is 30.3 Å². The van der Waals surface area contributed by atoms with E-state index in [9.17, 15) is 9.59 Å². The van der Waals surface area contributed by atoms with Crippen LogP contribution in [0.3, 0.4) is 0 Å². The molecule has 2 aromatic rings. The molecule has 0 aliphatic carbocycles. The van der Waals surface area contributed by atoms with Crippen molar-refractivity contribution in [3.63, 3.8) is 0 Å². The monoisotopic (exact) mass is 416 g/mol. The maximum Gasteiger partial charge on any atom is 0.411 e. The van der Waals surface area contributed by atoms with Crippen molar-refractivity contribution in [3.8, 4) is 0 Å². The maximum absolute atomic E-state index is 12.6. The Morgan fingerprint density at radius 2 is 2.00 bits per heavy atom. The van der Waals surface area contributed by atoms with Crippen molar-refractivity contribution < 1.29 is 14.3 Å². The zero-order valence-corrected chi connectivity index (χ0v) is 17.9. The Bertz CT molecular complexity index is 844. The average molecular weight is 417 g/mol. The Labute approximate surface area is 175 Å². The molecule has 1 aromatic heterocycles. The molecule has 2 atom stereocenters. The largest absolute Gasteiger partial charge is 0.450 e. The van der Waals surface area contributed by atoms with Gasteiger partial charge in [-0.1, -0.05) is 19.9 Å². The fourth-order valence-electron chi connectivity index (χ4n) is 3.78. The van der Waals surface area contributed by atoms with Crippen molar-refractivity contribution in [2.45, 2.75) is 33.7 Å². The topological polar surface area (TPSA) is 83.6 Å². The smallest absolute Gasteiger partial charge is 0.411 e. The van der Waals surface area contributed by atoms with Gasteiger partial charge in [0.15, 0.2) is 5.13 Å². The molecule has 1 fully saturated rings. The lowest BCUT2D eigenvalue weighted by Crippen LogP contribution is -2.38. The van der Waals surface area contributed by atoms with Gasteiger partial charge in [0, 0.05) is 36.3 Å². The summed E-state index contributed by atoms with van der Waals surface area (Å²) in [5.74, 6) is 1.14. The summed E-state index contributed by atoms with van der Waals surface area (Å²) in [6, 6.07) is 6.71. The molecule has 2 N–H and O–H groups in total. The minimum absolute atomic E-state index is 0.265. The number of piperidine rings is 1. The van der Waals surface area contributed by atoms with Gasteiger partial charge < -0.3 is 4.74 Å². The molecule has 1 aliphatic rings. The van der Waals surface area contributed by atoms with E-state index in [1.54, 1.807) is 31.2 Å². The van der Waals surface area contributed by atoms with Crippen LogP contribution in [0, 0.1) is 11.8 Å². The first-order chi connectivity index (χ1) is 13.9. The van der Waals surface area contributed by atoms with Gasteiger partial charge in [-0.05, 0) is 43.4 Å². The lowest BCUT2D eigenvalue weighted by atomic mass is 9.92. The Morgan fingerprint density at radius 3 is 2.72 bits per heavy atom. The van der Waals surface area contributed by atoms with Crippen LogP contribution in [0.4, 0.5) is 15.6 Å². The highest BCUT2D eigenvalue weighted by Gasteiger charge is 2.22. The molecule has 1 saturated heterocycles. The van der Waals surface area contributed by atoms with Crippen molar-refractivity contribution in [3.05, 3.63) is 40.9 Å². The van der Waals surface area contributed by atoms with Crippen molar-refractivity contribution in [2.24, 2.45) is 11.8 Å². The van der Waals surface area contributed by atoms with Crippen LogP contribution in [0.2, 0.25) is 0 Å². The number of hydrogen-bond donors (Lipinski definition) is 2. The summed E-state index contributed by atoms with van der Waals surface area (Å²) in [5, 5.41) is 8.02. The highest BCUT2D eigenvalue weighted by molar-refractivity contribution is 7.14. The molecule has 2 amide bonds. The normalized spacial score (nSPS) is 19.6. The van der Waals surface area contributed by atoms with E-state index < -0.39 is 6.09 Å². The van der Waals surface area contributed by atoms with Crippen molar-refractivity contribution >= 4 is 34.2 Å². The molecule has 0 unspecified atom stereocenters. The lowest BCUT2D eigenvalue weighted by Gasteiger charge is -2.34. The molecule has 156 valence electrons. The van der Waals surface area contributed by atoms with Gasteiger partial charge in [-0.25, -0.2) is 9.78 Å². The average Bonchev–Trinajstić information content (AvgIpc) is 3.08. The molecule has 29 heavy (non-hydrogen) atoms. The number of carbonyl (C=O) groups excluding carboxylic acids is 2. The lowest BCUT2D eigenvalue weighted by molar-refractivity contribution is 0.102. The van der Waals surface area contributed by atoms with Crippen LogP contribution in [-0.2, 0) is 11.3 Å². The summed E-state index contributed by atoms with van der Waals surface area (Å²) in [6.45, 7) is 9.58. The van der Waals surface area contributed by atoms with Gasteiger partial charge in [0.2, 0.25) is 0 Å². The Kier molecular flexibility index (Phi) is 7.22. The molecule has 0 spiro atoms. The minimum Gasteiger partial charge on any atom is -0.450 e. The van der Waals surface area contributed by atoms with E-state index in [0.717, 1.165) is 25.3 Å². The van der Waals surface area contributed by atoms with E-state index in [2.05, 4.69) is 34.4 Å². The van der Waals surface area contributed by atoms with Gasteiger partial charge >= 0.3 is 6.09 Å². The number of carbonyl (C=O) groups is 2. The number of thiazole rings is 1. The predicted molar refractivity (Wildman–Crippen MR) is 115 cm³/mol. The van der Waals surface area contributed by atoms with E-state index in [1.165, 1.54) is 17.8 Å². The Balaban J connectivity index is 1.58. The number of nitrogens with one attached hydrogen (secondary N) is 2. The molecule has 0 bridgehead atoms. The van der Waals surface area contributed by atoms with Gasteiger partial charge in [0.25, 0.3) is 5.91 Å². The number of benzene rings is 1. The summed E-state index contributed by atoms with van der Waals surface area (Å²) in [5.41, 5.74) is 1.92. The second-order valence-electron chi connectivity index (χ2n) is 7.66. The van der Waals surface area contributed by atoms with E-state index in [0.29, 0.717) is 28.2 Å². The van der Waals surface area contributed by atoms with Crippen LogP contribution in [0.1, 0.15) is 43.2 Å². The summed E-state index contributed by atoms with van der Waals surface area (Å²) >= 11 is 1.42. The number of hydrogen-bond acceptors (Lipinski definition) is 6. The van der Waals surface area contributed by atoms with E-state index in [1.807, 2.05) is 5.38 Å². The van der Waals surface area contributed by atoms with Gasteiger partial charge in [-0.3, -0.25) is 20.3 Å². The summed E-state index contributed by atoms with van der Waals surface area (Å²) < 4.78 is 4.86. The number of aromatic nitrogens is 1. The van der Waals surface area contributed by atoms with Crippen LogP contribution >= 0.6 is 11.3 Å². The molecular weight excluding hydrogens is 388 g/mol. The number of ether oxygens (including phenoxy) is 1. The molecule has 3 rings (SSSR count). The number of nitrogens with zero attached hydrogens (tertiary/aromatic N) is 2. The Hall–Kier alpha value is -2.45. The van der Waals surface area contributed by atoms with Gasteiger partial charge in [0.1, 0.15) is 0 Å². The minimum atomic E-state index is -0.545. The summed E-state index contributed by atoms with van der Waals surface area (Å²) in [6.07, 6.45) is 0.731. The number of likely N-dealkylation sites (tertiary alicyclic amines) is 1. The third-order valence-corrected chi connectivity index (χ3v) is 5.56. The van der Waals surface area contributed by atoms with E-state index in [-0.39, 0.29) is 12.5 Å². The molecule has 0 saturated carbocycles. The zero-order valence-electron chi connectivity index (χ0n) is 17.1. The number of anilines is 2. The highest BCUT2D eigenvalue weighted by Crippen LogP contribution is 2.24. The molecule has 8 heteroatoms. The van der Waals surface area contributed by atoms with Gasteiger partial charge in [0.05, 0.1) is 12.3 Å². The van der Waals surface area contributed by atoms with E-state index >= 15 is 0 Å².